The first-order valence-corrected chi connectivity index (χ1v) is 8.63. The van der Waals surface area contributed by atoms with Crippen LogP contribution in [-0.4, -0.2) is 30.2 Å². The summed E-state index contributed by atoms with van der Waals surface area (Å²) in [7, 11) is 0. The van der Waals surface area contributed by atoms with Crippen molar-refractivity contribution in [1.29, 1.82) is 0 Å². The average Bonchev–Trinajstić information content (AvgIpc) is 2.61. The average molecular weight is 366 g/mol. The SMILES string of the molecule is CC1CCCCN1c1ccc(C(F)(F)F)cc1N1C=CC(C(=O)O)=CC1. The molecule has 4 nitrogen and oxygen atoms in total. The van der Waals surface area contributed by atoms with Crippen molar-refractivity contribution in [3.8, 4) is 0 Å². The first-order valence-electron chi connectivity index (χ1n) is 8.63. The summed E-state index contributed by atoms with van der Waals surface area (Å²) < 4.78 is 39.6. The predicted molar refractivity (Wildman–Crippen MR) is 94.3 cm³/mol. The molecule has 0 spiro atoms. The molecule has 1 unspecified atom stereocenters. The third kappa shape index (κ3) is 3.71. The van der Waals surface area contributed by atoms with Crippen molar-refractivity contribution in [2.24, 2.45) is 0 Å². The maximum atomic E-state index is 13.2. The van der Waals surface area contributed by atoms with Gasteiger partial charge in [0.1, 0.15) is 0 Å². The zero-order valence-corrected chi connectivity index (χ0v) is 14.5. The van der Waals surface area contributed by atoms with Crippen LogP contribution < -0.4 is 9.80 Å². The lowest BCUT2D eigenvalue weighted by Gasteiger charge is -2.38. The minimum absolute atomic E-state index is 0.140. The van der Waals surface area contributed by atoms with Crippen LogP contribution in [0.25, 0.3) is 0 Å². The molecule has 0 aliphatic carbocycles. The highest BCUT2D eigenvalue weighted by Gasteiger charge is 2.33. The predicted octanol–water partition coefficient (Wildman–Crippen LogP) is 4.43. The van der Waals surface area contributed by atoms with Crippen LogP contribution >= 0.6 is 0 Å². The van der Waals surface area contributed by atoms with E-state index in [1.807, 2.05) is 0 Å². The van der Waals surface area contributed by atoms with Crippen molar-refractivity contribution >= 4 is 17.3 Å². The number of carboxylic acid groups (broad SMARTS) is 1. The normalized spacial score (nSPS) is 20.9. The number of halogens is 3. The van der Waals surface area contributed by atoms with Crippen LogP contribution in [0, 0.1) is 0 Å². The van der Waals surface area contributed by atoms with E-state index in [0.717, 1.165) is 43.6 Å². The fourth-order valence-corrected chi connectivity index (χ4v) is 3.46. The van der Waals surface area contributed by atoms with Crippen molar-refractivity contribution < 1.29 is 23.1 Å². The van der Waals surface area contributed by atoms with Gasteiger partial charge in [0.15, 0.2) is 0 Å². The second-order valence-electron chi connectivity index (χ2n) is 6.67. The largest absolute Gasteiger partial charge is 0.478 e. The van der Waals surface area contributed by atoms with Crippen LogP contribution in [0.1, 0.15) is 31.7 Å². The number of aliphatic carboxylic acids is 1. The lowest BCUT2D eigenvalue weighted by molar-refractivity contribution is -0.137. The molecule has 1 aromatic rings. The van der Waals surface area contributed by atoms with Crippen molar-refractivity contribution in [2.45, 2.75) is 38.4 Å². The van der Waals surface area contributed by atoms with Gasteiger partial charge < -0.3 is 14.9 Å². The molecule has 7 heteroatoms. The molecule has 26 heavy (non-hydrogen) atoms. The molecule has 0 bridgehead atoms. The van der Waals surface area contributed by atoms with Gasteiger partial charge in [0.05, 0.1) is 22.5 Å². The quantitative estimate of drug-likeness (QED) is 0.860. The topological polar surface area (TPSA) is 43.8 Å². The van der Waals surface area contributed by atoms with E-state index in [1.165, 1.54) is 24.4 Å². The lowest BCUT2D eigenvalue weighted by Crippen LogP contribution is -2.38. The van der Waals surface area contributed by atoms with E-state index in [0.29, 0.717) is 5.69 Å². The first-order chi connectivity index (χ1) is 12.3. The summed E-state index contributed by atoms with van der Waals surface area (Å²) in [5, 5.41) is 9.04. The lowest BCUT2D eigenvalue weighted by atomic mass is 10.0. The molecule has 1 saturated heterocycles. The Bertz CT molecular complexity index is 756. The van der Waals surface area contributed by atoms with Gasteiger partial charge in [-0.25, -0.2) is 4.79 Å². The van der Waals surface area contributed by atoms with Crippen LogP contribution in [0.15, 0.2) is 42.1 Å². The monoisotopic (exact) mass is 366 g/mol. The molecule has 140 valence electrons. The molecule has 1 atom stereocenters. The highest BCUT2D eigenvalue weighted by molar-refractivity contribution is 5.91. The first kappa shape index (κ1) is 18.4. The Morgan fingerprint density at radius 1 is 1.23 bits per heavy atom. The Morgan fingerprint density at radius 2 is 2.00 bits per heavy atom. The molecule has 0 amide bonds. The van der Waals surface area contributed by atoms with E-state index in [1.54, 1.807) is 4.90 Å². The highest BCUT2D eigenvalue weighted by Crippen LogP contribution is 2.39. The number of alkyl halides is 3. The third-order valence-corrected chi connectivity index (χ3v) is 4.91. The summed E-state index contributed by atoms with van der Waals surface area (Å²) in [6.07, 6.45) is 3.14. The van der Waals surface area contributed by atoms with Crippen LogP contribution in [0.5, 0.6) is 0 Å². The van der Waals surface area contributed by atoms with E-state index in [9.17, 15) is 18.0 Å². The number of hydrogen-bond donors (Lipinski definition) is 1. The van der Waals surface area contributed by atoms with Crippen LogP contribution in [0.2, 0.25) is 0 Å². The van der Waals surface area contributed by atoms with Crippen molar-refractivity contribution in [1.82, 2.24) is 0 Å². The number of rotatable bonds is 3. The van der Waals surface area contributed by atoms with Crippen LogP contribution in [0.4, 0.5) is 24.5 Å². The molecule has 2 aliphatic heterocycles. The number of hydrogen-bond acceptors (Lipinski definition) is 3. The molecule has 1 N–H and O–H groups in total. The number of carbonyl (C=O) groups is 1. The van der Waals surface area contributed by atoms with E-state index >= 15 is 0 Å². The fourth-order valence-electron chi connectivity index (χ4n) is 3.46. The van der Waals surface area contributed by atoms with Gasteiger partial charge in [-0.2, -0.15) is 13.2 Å². The van der Waals surface area contributed by atoms with E-state index < -0.39 is 17.7 Å². The Labute approximate surface area is 150 Å². The second kappa shape index (κ2) is 7.05. The molecule has 3 rings (SSSR count). The Kier molecular flexibility index (Phi) is 4.98. The Morgan fingerprint density at radius 3 is 2.58 bits per heavy atom. The van der Waals surface area contributed by atoms with Gasteiger partial charge in [-0.1, -0.05) is 6.08 Å². The molecule has 2 heterocycles. The zero-order valence-electron chi connectivity index (χ0n) is 14.5. The standard InChI is InChI=1S/C19H21F3N2O2/c1-13-4-2-3-9-24(13)16-6-5-15(19(20,21)22)12-17(16)23-10-7-14(8-11-23)18(25)26/h5-8,10,12-13H,2-4,9,11H2,1H3,(H,25,26). The Balaban J connectivity index is 2.00. The molecule has 0 radical (unpaired) electrons. The van der Waals surface area contributed by atoms with E-state index in [4.69, 9.17) is 5.11 Å². The summed E-state index contributed by atoms with van der Waals surface area (Å²) in [6.45, 7) is 3.09. The van der Waals surface area contributed by atoms with Crippen molar-refractivity contribution in [3.63, 3.8) is 0 Å². The molecule has 1 aromatic carbocycles. The highest BCUT2D eigenvalue weighted by atomic mass is 19.4. The molecule has 2 aliphatic rings. The van der Waals surface area contributed by atoms with Crippen LogP contribution in [-0.2, 0) is 11.0 Å². The molecule has 0 saturated carbocycles. The maximum absolute atomic E-state index is 13.2. The summed E-state index contributed by atoms with van der Waals surface area (Å²) in [5.74, 6) is -1.05. The fraction of sp³-hybridized carbons (Fsp3) is 0.421. The van der Waals surface area contributed by atoms with Gasteiger partial charge in [0.25, 0.3) is 0 Å². The van der Waals surface area contributed by atoms with Gasteiger partial charge in [-0.15, -0.1) is 0 Å². The summed E-state index contributed by atoms with van der Waals surface area (Å²) in [6, 6.07) is 4.05. The third-order valence-electron chi connectivity index (χ3n) is 4.91. The van der Waals surface area contributed by atoms with Gasteiger partial charge in [0.2, 0.25) is 0 Å². The van der Waals surface area contributed by atoms with Crippen molar-refractivity contribution in [3.05, 3.63) is 47.7 Å². The molecule has 0 aromatic heterocycles. The summed E-state index contributed by atoms with van der Waals surface area (Å²) in [4.78, 5) is 14.9. The minimum Gasteiger partial charge on any atom is -0.478 e. The van der Waals surface area contributed by atoms with E-state index in [2.05, 4.69) is 11.8 Å². The molecule has 1 fully saturated rings. The number of piperidine rings is 1. The Hall–Kier alpha value is -2.44. The van der Waals surface area contributed by atoms with Gasteiger partial charge in [-0.05, 0) is 50.5 Å². The molecular formula is C19H21F3N2O2. The molecular weight excluding hydrogens is 345 g/mol. The van der Waals surface area contributed by atoms with Crippen LogP contribution in [0.3, 0.4) is 0 Å². The van der Waals surface area contributed by atoms with Gasteiger partial charge in [0, 0.05) is 25.3 Å². The minimum atomic E-state index is -4.43. The maximum Gasteiger partial charge on any atom is 0.416 e. The summed E-state index contributed by atoms with van der Waals surface area (Å²) >= 11 is 0. The number of anilines is 2. The number of benzene rings is 1. The number of nitrogens with zero attached hydrogens (tertiary/aromatic N) is 2. The smallest absolute Gasteiger partial charge is 0.416 e. The van der Waals surface area contributed by atoms with Gasteiger partial charge in [-0.3, -0.25) is 0 Å². The summed E-state index contributed by atoms with van der Waals surface area (Å²) in [5.41, 5.74) is 0.635. The number of carboxylic acids is 1. The van der Waals surface area contributed by atoms with Crippen molar-refractivity contribution in [2.75, 3.05) is 22.9 Å². The second-order valence-corrected chi connectivity index (χ2v) is 6.67. The van der Waals surface area contributed by atoms with Gasteiger partial charge >= 0.3 is 12.1 Å². The van der Waals surface area contributed by atoms with E-state index in [-0.39, 0.29) is 18.2 Å². The zero-order chi connectivity index (χ0) is 18.9.